The summed E-state index contributed by atoms with van der Waals surface area (Å²) in [7, 11) is 0. The van der Waals surface area contributed by atoms with Crippen molar-refractivity contribution in [3.8, 4) is 0 Å². The zero-order valence-electron chi connectivity index (χ0n) is 11.1. The molecule has 1 amide bonds. The number of rotatable bonds is 3. The number of carbonyl (C=O) groups excluding carboxylic acids is 1. The summed E-state index contributed by atoms with van der Waals surface area (Å²) >= 11 is 0. The molecule has 1 saturated carbocycles. The van der Waals surface area contributed by atoms with E-state index >= 15 is 0 Å². The average Bonchev–Trinajstić information content (AvgIpc) is 3.00. The first kappa shape index (κ1) is 13.1. The van der Waals surface area contributed by atoms with Crippen LogP contribution in [0.4, 0.5) is 5.69 Å². The molecule has 0 radical (unpaired) electrons. The normalized spacial score (nSPS) is 28.1. The molecule has 1 saturated heterocycles. The predicted molar refractivity (Wildman–Crippen MR) is 74.7 cm³/mol. The highest BCUT2D eigenvalue weighted by Crippen LogP contribution is 2.37. The van der Waals surface area contributed by atoms with Crippen LogP contribution in [0.15, 0.2) is 24.3 Å². The molecule has 5 heteroatoms. The minimum atomic E-state index is -0.990. The number of carboxylic acid groups (broad SMARTS) is 1. The second-order valence-corrected chi connectivity index (χ2v) is 5.62. The molecule has 1 aromatic rings. The summed E-state index contributed by atoms with van der Waals surface area (Å²) in [6.07, 6.45) is 3.51. The minimum absolute atomic E-state index is 0.0538. The largest absolute Gasteiger partial charge is 0.478 e. The fourth-order valence-electron chi connectivity index (χ4n) is 3.42. The van der Waals surface area contributed by atoms with Gasteiger partial charge in [-0.1, -0.05) is 12.5 Å². The van der Waals surface area contributed by atoms with E-state index in [2.05, 4.69) is 10.6 Å². The molecule has 3 N–H and O–H groups in total. The second-order valence-electron chi connectivity index (χ2n) is 5.62. The van der Waals surface area contributed by atoms with Crippen molar-refractivity contribution in [3.63, 3.8) is 0 Å². The molecule has 3 atom stereocenters. The third kappa shape index (κ3) is 2.41. The van der Waals surface area contributed by atoms with E-state index in [9.17, 15) is 9.59 Å². The van der Waals surface area contributed by atoms with Crippen LogP contribution in [-0.4, -0.2) is 29.6 Å². The van der Waals surface area contributed by atoms with Gasteiger partial charge in [0.1, 0.15) is 0 Å². The van der Waals surface area contributed by atoms with E-state index in [4.69, 9.17) is 5.11 Å². The smallest absolute Gasteiger partial charge is 0.335 e. The van der Waals surface area contributed by atoms with Crippen molar-refractivity contribution in [2.24, 2.45) is 11.8 Å². The van der Waals surface area contributed by atoms with Crippen molar-refractivity contribution in [2.75, 3.05) is 11.9 Å². The number of benzene rings is 1. The van der Waals surface area contributed by atoms with Gasteiger partial charge in [-0.3, -0.25) is 4.79 Å². The maximum Gasteiger partial charge on any atom is 0.335 e. The topological polar surface area (TPSA) is 78.4 Å². The molecular formula is C15H18N2O3. The van der Waals surface area contributed by atoms with Gasteiger partial charge in [0.15, 0.2) is 0 Å². The zero-order chi connectivity index (χ0) is 14.1. The number of aromatic carboxylic acids is 1. The van der Waals surface area contributed by atoms with Crippen LogP contribution in [-0.2, 0) is 4.79 Å². The Hall–Kier alpha value is -1.88. The Morgan fingerprint density at radius 1 is 1.30 bits per heavy atom. The number of amides is 1. The van der Waals surface area contributed by atoms with Gasteiger partial charge in [-0.15, -0.1) is 0 Å². The van der Waals surface area contributed by atoms with Crippen molar-refractivity contribution in [3.05, 3.63) is 29.8 Å². The number of fused-ring (bicyclic) bond motifs is 1. The number of anilines is 1. The Bertz CT molecular complexity index is 544. The van der Waals surface area contributed by atoms with Crippen LogP contribution >= 0.6 is 0 Å². The first-order valence-corrected chi connectivity index (χ1v) is 7.03. The van der Waals surface area contributed by atoms with Gasteiger partial charge in [0.25, 0.3) is 0 Å². The van der Waals surface area contributed by atoms with Crippen LogP contribution in [0.25, 0.3) is 0 Å². The lowest BCUT2D eigenvalue weighted by Crippen LogP contribution is -2.39. The highest BCUT2D eigenvalue weighted by Gasteiger charge is 2.42. The van der Waals surface area contributed by atoms with E-state index in [1.165, 1.54) is 25.0 Å². The number of carboxylic acids is 1. The van der Waals surface area contributed by atoms with E-state index in [1.54, 1.807) is 12.1 Å². The van der Waals surface area contributed by atoms with Crippen molar-refractivity contribution < 1.29 is 14.7 Å². The molecule has 1 aliphatic carbocycles. The summed E-state index contributed by atoms with van der Waals surface area (Å²) in [6, 6.07) is 6.21. The summed E-state index contributed by atoms with van der Waals surface area (Å²) in [5.41, 5.74) is 0.721. The molecule has 1 aromatic carbocycles. The highest BCUT2D eigenvalue weighted by atomic mass is 16.4. The lowest BCUT2D eigenvalue weighted by molar-refractivity contribution is -0.118. The Labute approximate surface area is 117 Å². The first-order chi connectivity index (χ1) is 9.65. The van der Waals surface area contributed by atoms with Gasteiger partial charge in [-0.2, -0.15) is 0 Å². The molecular weight excluding hydrogens is 256 g/mol. The summed E-state index contributed by atoms with van der Waals surface area (Å²) in [6.45, 7) is 0.915. The average molecular weight is 274 g/mol. The molecule has 1 aliphatic heterocycles. The number of carbonyl (C=O) groups is 2. The third-order valence-electron chi connectivity index (χ3n) is 4.41. The lowest BCUT2D eigenvalue weighted by Gasteiger charge is -2.17. The van der Waals surface area contributed by atoms with Gasteiger partial charge in [0.2, 0.25) is 5.91 Å². The van der Waals surface area contributed by atoms with Crippen LogP contribution in [0.5, 0.6) is 0 Å². The van der Waals surface area contributed by atoms with Crippen molar-refractivity contribution >= 4 is 17.6 Å². The van der Waals surface area contributed by atoms with E-state index in [0.717, 1.165) is 13.0 Å². The second kappa shape index (κ2) is 5.25. The van der Waals surface area contributed by atoms with Gasteiger partial charge >= 0.3 is 5.97 Å². The molecule has 2 fully saturated rings. The van der Waals surface area contributed by atoms with Gasteiger partial charge < -0.3 is 15.7 Å². The van der Waals surface area contributed by atoms with E-state index in [0.29, 0.717) is 17.5 Å². The van der Waals surface area contributed by atoms with Crippen molar-refractivity contribution in [1.29, 1.82) is 0 Å². The quantitative estimate of drug-likeness (QED) is 0.784. The molecule has 3 rings (SSSR count). The maximum atomic E-state index is 12.3. The van der Waals surface area contributed by atoms with Crippen LogP contribution in [0.2, 0.25) is 0 Å². The predicted octanol–water partition coefficient (Wildman–Crippen LogP) is 1.71. The summed E-state index contributed by atoms with van der Waals surface area (Å²) in [5, 5.41) is 15.1. The Morgan fingerprint density at radius 3 is 2.95 bits per heavy atom. The van der Waals surface area contributed by atoms with Gasteiger partial charge in [-0.25, -0.2) is 4.79 Å². The van der Waals surface area contributed by atoms with E-state index in [1.807, 2.05) is 0 Å². The van der Waals surface area contributed by atoms with Crippen LogP contribution in [0.3, 0.4) is 0 Å². The Balaban J connectivity index is 1.70. The van der Waals surface area contributed by atoms with Crippen molar-refractivity contribution in [1.82, 2.24) is 5.32 Å². The van der Waals surface area contributed by atoms with E-state index < -0.39 is 5.97 Å². The Morgan fingerprint density at radius 2 is 2.15 bits per heavy atom. The zero-order valence-corrected chi connectivity index (χ0v) is 11.1. The van der Waals surface area contributed by atoms with Crippen molar-refractivity contribution in [2.45, 2.75) is 25.3 Å². The number of hydrogen-bond acceptors (Lipinski definition) is 3. The number of hydrogen-bond donors (Lipinski definition) is 3. The van der Waals surface area contributed by atoms with Crippen LogP contribution in [0.1, 0.15) is 29.6 Å². The monoisotopic (exact) mass is 274 g/mol. The molecule has 2 aliphatic rings. The maximum absolute atomic E-state index is 12.3. The lowest BCUT2D eigenvalue weighted by atomic mass is 9.93. The minimum Gasteiger partial charge on any atom is -0.478 e. The molecule has 3 unspecified atom stereocenters. The highest BCUT2D eigenvalue weighted by molar-refractivity contribution is 5.97. The standard InChI is InChI=1S/C15H18N2O3/c18-14(13-12-6-2-4-10(12)8-16-13)17-11-5-1-3-9(7-11)15(19)20/h1,3,5,7,10,12-13,16H,2,4,6,8H2,(H,17,18)(H,19,20). The van der Waals surface area contributed by atoms with Crippen LogP contribution < -0.4 is 10.6 Å². The molecule has 106 valence electrons. The van der Waals surface area contributed by atoms with Gasteiger partial charge in [0, 0.05) is 5.69 Å². The SMILES string of the molecule is O=C(O)c1cccc(NC(=O)C2NCC3CCCC32)c1. The van der Waals surface area contributed by atoms with Crippen LogP contribution in [0, 0.1) is 11.8 Å². The summed E-state index contributed by atoms with van der Waals surface area (Å²) in [4.78, 5) is 23.2. The van der Waals surface area contributed by atoms with Gasteiger partial charge in [0.05, 0.1) is 11.6 Å². The molecule has 5 nitrogen and oxygen atoms in total. The molecule has 0 spiro atoms. The summed E-state index contributed by atoms with van der Waals surface area (Å²) < 4.78 is 0. The molecule has 1 heterocycles. The fourth-order valence-corrected chi connectivity index (χ4v) is 3.42. The number of nitrogens with one attached hydrogen (secondary N) is 2. The Kier molecular flexibility index (Phi) is 3.44. The molecule has 20 heavy (non-hydrogen) atoms. The van der Waals surface area contributed by atoms with E-state index in [-0.39, 0.29) is 17.5 Å². The molecule has 0 aromatic heterocycles. The third-order valence-corrected chi connectivity index (χ3v) is 4.41. The summed E-state index contributed by atoms with van der Waals surface area (Å²) in [5.74, 6) is 0.00615. The fraction of sp³-hybridized carbons (Fsp3) is 0.467. The molecule has 0 bridgehead atoms. The van der Waals surface area contributed by atoms with Gasteiger partial charge in [-0.05, 0) is 49.4 Å². The first-order valence-electron chi connectivity index (χ1n) is 7.03.